The first-order valence-corrected chi connectivity index (χ1v) is 15.0. The smallest absolute Gasteiger partial charge is 0.306 e. The largest absolute Gasteiger partial charge is 0.465 e. The van der Waals surface area contributed by atoms with Gasteiger partial charge in [-0.15, -0.1) is 11.6 Å². The first kappa shape index (κ1) is 29.8. The molecule has 0 aliphatic carbocycles. The molecule has 0 aromatic heterocycles. The van der Waals surface area contributed by atoms with E-state index in [1.807, 2.05) is 6.92 Å². The Labute approximate surface area is 210 Å². The van der Waals surface area contributed by atoms with Crippen molar-refractivity contribution in [1.82, 2.24) is 0 Å². The molecule has 0 aromatic carbocycles. The Morgan fingerprint density at radius 3 is 2.28 bits per heavy atom. The molecular formula is C22H37ClO6S3. The summed E-state index contributed by atoms with van der Waals surface area (Å²) in [7, 11) is 0. The zero-order chi connectivity index (χ0) is 23.8. The quantitative estimate of drug-likeness (QED) is 0.217. The number of carbonyl (C=O) groups is 3. The first-order chi connectivity index (χ1) is 15.3. The molecule has 0 radical (unpaired) electrons. The van der Waals surface area contributed by atoms with Crippen LogP contribution in [0, 0.1) is 5.41 Å². The summed E-state index contributed by atoms with van der Waals surface area (Å²) in [6.45, 7) is 6.25. The highest BCUT2D eigenvalue weighted by Crippen LogP contribution is 2.26. The second-order valence-electron chi connectivity index (χ2n) is 7.94. The highest BCUT2D eigenvalue weighted by Gasteiger charge is 2.34. The molecule has 0 spiro atoms. The van der Waals surface area contributed by atoms with Gasteiger partial charge in [0.05, 0.1) is 24.7 Å². The fourth-order valence-corrected chi connectivity index (χ4v) is 6.24. The SMILES string of the molecule is CCC(Cl)CC(C)SCCC(=O)OCC1(CC)COC(=O)CCSCSCCC(=O)OC1. The number of cyclic esters (lactones) is 2. The average Bonchev–Trinajstić information content (AvgIpc) is 2.77. The lowest BCUT2D eigenvalue weighted by Crippen LogP contribution is -2.39. The van der Waals surface area contributed by atoms with Crippen LogP contribution in [-0.2, 0) is 28.6 Å². The van der Waals surface area contributed by atoms with Crippen LogP contribution < -0.4 is 0 Å². The third kappa shape index (κ3) is 13.5. The number of esters is 3. The molecule has 10 heteroatoms. The third-order valence-electron chi connectivity index (χ3n) is 5.17. The molecule has 1 rings (SSSR count). The van der Waals surface area contributed by atoms with Crippen LogP contribution in [-0.4, -0.2) is 70.7 Å². The van der Waals surface area contributed by atoms with Gasteiger partial charge < -0.3 is 14.2 Å². The maximum Gasteiger partial charge on any atom is 0.306 e. The molecule has 0 aromatic rings. The predicted molar refractivity (Wildman–Crippen MR) is 136 cm³/mol. The Morgan fingerprint density at radius 2 is 1.75 bits per heavy atom. The second kappa shape index (κ2) is 17.2. The van der Waals surface area contributed by atoms with Crippen LogP contribution >= 0.6 is 46.9 Å². The molecule has 6 nitrogen and oxygen atoms in total. The monoisotopic (exact) mass is 528 g/mol. The van der Waals surface area contributed by atoms with Crippen molar-refractivity contribution in [3.63, 3.8) is 0 Å². The zero-order valence-corrected chi connectivity index (χ0v) is 22.6. The lowest BCUT2D eigenvalue weighted by molar-refractivity contribution is -0.161. The Bertz CT molecular complexity index is 554. The van der Waals surface area contributed by atoms with Gasteiger partial charge in [-0.3, -0.25) is 14.4 Å². The summed E-state index contributed by atoms with van der Waals surface area (Å²) in [5, 5.41) is 1.37. The van der Waals surface area contributed by atoms with Crippen LogP contribution in [0.25, 0.3) is 0 Å². The molecule has 32 heavy (non-hydrogen) atoms. The minimum absolute atomic E-state index is 0.0478. The Hall–Kier alpha value is -0.250. The molecule has 1 aliphatic rings. The van der Waals surface area contributed by atoms with E-state index in [9.17, 15) is 14.4 Å². The van der Waals surface area contributed by atoms with E-state index in [1.165, 1.54) is 0 Å². The molecule has 2 unspecified atom stereocenters. The van der Waals surface area contributed by atoms with E-state index >= 15 is 0 Å². The van der Waals surface area contributed by atoms with Crippen molar-refractivity contribution in [2.45, 2.75) is 69.9 Å². The maximum absolute atomic E-state index is 12.3. The molecule has 1 fully saturated rings. The van der Waals surface area contributed by atoms with Crippen molar-refractivity contribution in [1.29, 1.82) is 0 Å². The molecule has 0 amide bonds. The average molecular weight is 529 g/mol. The predicted octanol–water partition coefficient (Wildman–Crippen LogP) is 5.15. The van der Waals surface area contributed by atoms with Gasteiger partial charge in [0.1, 0.15) is 19.8 Å². The summed E-state index contributed by atoms with van der Waals surface area (Å²) in [5.74, 6) is 1.15. The number of hydrogen-bond acceptors (Lipinski definition) is 9. The summed E-state index contributed by atoms with van der Waals surface area (Å²) in [4.78, 5) is 36.5. The first-order valence-electron chi connectivity index (χ1n) is 11.2. The van der Waals surface area contributed by atoms with Crippen molar-refractivity contribution in [2.24, 2.45) is 5.41 Å². The molecule has 1 heterocycles. The van der Waals surface area contributed by atoms with Gasteiger partial charge in [-0.1, -0.05) is 20.8 Å². The number of ether oxygens (including phenoxy) is 3. The van der Waals surface area contributed by atoms with Gasteiger partial charge >= 0.3 is 17.9 Å². The molecular weight excluding hydrogens is 492 g/mol. The lowest BCUT2D eigenvalue weighted by atomic mass is 9.88. The van der Waals surface area contributed by atoms with E-state index in [0.29, 0.717) is 48.2 Å². The van der Waals surface area contributed by atoms with Crippen molar-refractivity contribution in [3.05, 3.63) is 0 Å². The van der Waals surface area contributed by atoms with Gasteiger partial charge in [0.25, 0.3) is 0 Å². The number of thioether (sulfide) groups is 3. The number of rotatable bonds is 10. The van der Waals surface area contributed by atoms with Gasteiger partial charge in [-0.05, 0) is 19.3 Å². The highest BCUT2D eigenvalue weighted by molar-refractivity contribution is 8.15. The maximum atomic E-state index is 12.3. The number of hydrogen-bond donors (Lipinski definition) is 0. The molecule has 2 atom stereocenters. The third-order valence-corrected chi connectivity index (χ3v) is 9.18. The number of carbonyl (C=O) groups excluding carboxylic acids is 3. The van der Waals surface area contributed by atoms with E-state index < -0.39 is 5.41 Å². The van der Waals surface area contributed by atoms with E-state index in [0.717, 1.165) is 17.9 Å². The summed E-state index contributed by atoms with van der Waals surface area (Å²) >= 11 is 11.2. The Morgan fingerprint density at radius 1 is 1.16 bits per heavy atom. The minimum Gasteiger partial charge on any atom is -0.465 e. The summed E-state index contributed by atoms with van der Waals surface area (Å²) in [6, 6.07) is 0. The second-order valence-corrected chi connectivity index (χ2v) is 12.7. The summed E-state index contributed by atoms with van der Waals surface area (Å²) in [6.07, 6.45) is 3.35. The molecule has 0 N–H and O–H groups in total. The van der Waals surface area contributed by atoms with Gasteiger partial charge in [-0.25, -0.2) is 0 Å². The standard InChI is InChI=1S/C22H37ClO6S3/c1-4-18(23)12-17(3)32-11-8-21(26)29-15-22(5-2)13-27-19(24)6-9-30-16-31-10-7-20(25)28-14-22/h17-18H,4-16H2,1-3H3. The van der Waals surface area contributed by atoms with Crippen molar-refractivity contribution >= 4 is 64.8 Å². The van der Waals surface area contributed by atoms with E-state index in [2.05, 4.69) is 13.8 Å². The van der Waals surface area contributed by atoms with Crippen molar-refractivity contribution in [3.8, 4) is 0 Å². The summed E-state index contributed by atoms with van der Waals surface area (Å²) < 4.78 is 16.5. The fraction of sp³-hybridized carbons (Fsp3) is 0.864. The number of halogens is 1. The van der Waals surface area contributed by atoms with Crippen LogP contribution in [0.1, 0.15) is 59.3 Å². The molecule has 1 saturated heterocycles. The van der Waals surface area contributed by atoms with Crippen LogP contribution in [0.2, 0.25) is 0 Å². The Kier molecular flexibility index (Phi) is 16.0. The molecule has 0 saturated carbocycles. The molecule has 186 valence electrons. The topological polar surface area (TPSA) is 78.9 Å². The van der Waals surface area contributed by atoms with Crippen LogP contribution in [0.4, 0.5) is 0 Å². The van der Waals surface area contributed by atoms with Gasteiger partial charge in [0.2, 0.25) is 0 Å². The minimum atomic E-state index is -0.737. The van der Waals surface area contributed by atoms with Gasteiger partial charge in [0, 0.05) is 33.0 Å². The van der Waals surface area contributed by atoms with Gasteiger partial charge in [-0.2, -0.15) is 35.3 Å². The van der Waals surface area contributed by atoms with Crippen LogP contribution in [0.5, 0.6) is 0 Å². The molecule has 1 aliphatic heterocycles. The fourth-order valence-electron chi connectivity index (χ4n) is 2.77. The van der Waals surface area contributed by atoms with Crippen molar-refractivity contribution < 1.29 is 28.6 Å². The number of alkyl halides is 1. The zero-order valence-electron chi connectivity index (χ0n) is 19.4. The highest BCUT2D eigenvalue weighted by atomic mass is 35.5. The van der Waals surface area contributed by atoms with Crippen LogP contribution in [0.3, 0.4) is 0 Å². The van der Waals surface area contributed by atoms with Crippen molar-refractivity contribution in [2.75, 3.05) is 42.2 Å². The van der Waals surface area contributed by atoms with Gasteiger partial charge in [0.15, 0.2) is 0 Å². The van der Waals surface area contributed by atoms with E-state index in [1.54, 1.807) is 35.3 Å². The molecule has 0 bridgehead atoms. The lowest BCUT2D eigenvalue weighted by Gasteiger charge is -2.31. The van der Waals surface area contributed by atoms with E-state index in [4.69, 9.17) is 25.8 Å². The normalized spacial score (nSPS) is 20.4. The Balaban J connectivity index is 2.58. The van der Waals surface area contributed by atoms with E-state index in [-0.39, 0.29) is 43.1 Å². The summed E-state index contributed by atoms with van der Waals surface area (Å²) in [5.41, 5.74) is -0.737. The van der Waals surface area contributed by atoms with Crippen LogP contribution in [0.15, 0.2) is 0 Å².